The van der Waals surface area contributed by atoms with Crippen LogP contribution in [0.3, 0.4) is 0 Å². The highest BCUT2D eigenvalue weighted by Crippen LogP contribution is 2.40. The lowest BCUT2D eigenvalue weighted by Gasteiger charge is -2.12. The first kappa shape index (κ1) is 13.8. The average molecular weight is 288 g/mol. The first-order chi connectivity index (χ1) is 10.2. The van der Waals surface area contributed by atoms with Gasteiger partial charge in [-0.2, -0.15) is 9.97 Å². The van der Waals surface area contributed by atoms with Gasteiger partial charge in [0, 0.05) is 19.5 Å². The molecule has 0 unspecified atom stereocenters. The summed E-state index contributed by atoms with van der Waals surface area (Å²) < 4.78 is 7.34. The largest absolute Gasteiger partial charge is 0.404 e. The van der Waals surface area contributed by atoms with Crippen LogP contribution in [0.1, 0.15) is 43.5 Å². The van der Waals surface area contributed by atoms with Crippen molar-refractivity contribution < 1.29 is 4.74 Å². The highest BCUT2D eigenvalue weighted by Gasteiger charge is 2.28. The van der Waals surface area contributed by atoms with Gasteiger partial charge >= 0.3 is 6.01 Å². The zero-order valence-electron chi connectivity index (χ0n) is 12.6. The summed E-state index contributed by atoms with van der Waals surface area (Å²) in [6.45, 7) is 4.96. The fourth-order valence-corrected chi connectivity index (χ4v) is 2.00. The second-order valence-electron chi connectivity index (χ2n) is 5.36. The van der Waals surface area contributed by atoms with Crippen molar-refractivity contribution >= 4 is 5.82 Å². The van der Waals surface area contributed by atoms with E-state index < -0.39 is 0 Å². The maximum absolute atomic E-state index is 5.74. The van der Waals surface area contributed by atoms with Gasteiger partial charge in [-0.25, -0.2) is 4.98 Å². The van der Waals surface area contributed by atoms with E-state index >= 15 is 0 Å². The third-order valence-corrected chi connectivity index (χ3v) is 3.37. The van der Waals surface area contributed by atoms with E-state index in [0.717, 1.165) is 43.0 Å². The number of anilines is 1. The van der Waals surface area contributed by atoms with Gasteiger partial charge in [-0.1, -0.05) is 6.92 Å². The molecule has 1 saturated carbocycles. The zero-order chi connectivity index (χ0) is 14.8. The van der Waals surface area contributed by atoms with Crippen LogP contribution in [0.4, 0.5) is 5.82 Å². The molecular formula is C14H20N6O. The predicted molar refractivity (Wildman–Crippen MR) is 78.6 cm³/mol. The topological polar surface area (TPSA) is 77.8 Å². The Morgan fingerprint density at radius 1 is 1.38 bits per heavy atom. The van der Waals surface area contributed by atoms with Gasteiger partial charge in [-0.15, -0.1) is 5.10 Å². The molecule has 0 aromatic carbocycles. The van der Waals surface area contributed by atoms with E-state index in [4.69, 9.17) is 4.74 Å². The van der Waals surface area contributed by atoms with Crippen LogP contribution < -0.4 is 10.1 Å². The molecule has 0 spiro atoms. The number of nitrogens with one attached hydrogen (secondary N) is 1. The molecule has 2 heterocycles. The van der Waals surface area contributed by atoms with Gasteiger partial charge in [0.15, 0.2) is 0 Å². The monoisotopic (exact) mass is 288 g/mol. The Morgan fingerprint density at radius 2 is 2.19 bits per heavy atom. The Morgan fingerprint density at radius 3 is 2.81 bits per heavy atom. The fourth-order valence-electron chi connectivity index (χ4n) is 2.00. The molecule has 1 aliphatic rings. The van der Waals surface area contributed by atoms with Crippen LogP contribution in [-0.4, -0.2) is 31.3 Å². The van der Waals surface area contributed by atoms with E-state index in [1.165, 1.54) is 0 Å². The number of aryl methyl sites for hydroxylation is 1. The Labute approximate surface area is 123 Å². The second kappa shape index (κ2) is 5.67. The lowest BCUT2D eigenvalue weighted by molar-refractivity contribution is 0.416. The lowest BCUT2D eigenvalue weighted by Crippen LogP contribution is -2.09. The van der Waals surface area contributed by atoms with Crippen molar-refractivity contribution in [3.05, 3.63) is 17.7 Å². The minimum absolute atomic E-state index is 0.308. The highest BCUT2D eigenvalue weighted by atomic mass is 16.5. The maximum atomic E-state index is 5.74. The highest BCUT2D eigenvalue weighted by molar-refractivity contribution is 5.49. The smallest absolute Gasteiger partial charge is 0.342 e. The standard InChI is InChI=1S/C14H20N6O/c1-4-7-15-11-9(2)13(18-12(17-11)10-5-6-10)21-14-16-8-20(3)19-14/h8,10H,4-7H2,1-3H3,(H,15,17,18). The third-order valence-electron chi connectivity index (χ3n) is 3.37. The molecule has 0 radical (unpaired) electrons. The number of hydrogen-bond acceptors (Lipinski definition) is 6. The molecule has 0 atom stereocenters. The summed E-state index contributed by atoms with van der Waals surface area (Å²) in [5.41, 5.74) is 0.889. The van der Waals surface area contributed by atoms with Crippen molar-refractivity contribution in [3.8, 4) is 11.9 Å². The molecule has 1 N–H and O–H groups in total. The summed E-state index contributed by atoms with van der Waals surface area (Å²) in [7, 11) is 1.80. The SMILES string of the molecule is CCCNc1nc(C2CC2)nc(Oc2ncn(C)n2)c1C. The molecule has 0 saturated heterocycles. The summed E-state index contributed by atoms with van der Waals surface area (Å²) in [5.74, 6) is 2.70. The molecule has 0 bridgehead atoms. The zero-order valence-corrected chi connectivity index (χ0v) is 12.6. The molecular weight excluding hydrogens is 268 g/mol. The second-order valence-corrected chi connectivity index (χ2v) is 5.36. The van der Waals surface area contributed by atoms with Gasteiger partial charge in [0.25, 0.3) is 0 Å². The number of aromatic nitrogens is 5. The van der Waals surface area contributed by atoms with Crippen LogP contribution in [0.5, 0.6) is 11.9 Å². The molecule has 0 aliphatic heterocycles. The molecule has 7 nitrogen and oxygen atoms in total. The van der Waals surface area contributed by atoms with Gasteiger partial charge in [0.1, 0.15) is 18.0 Å². The van der Waals surface area contributed by atoms with Crippen molar-refractivity contribution in [2.45, 2.75) is 39.0 Å². The van der Waals surface area contributed by atoms with Crippen LogP contribution in [0, 0.1) is 6.92 Å². The summed E-state index contributed by atoms with van der Waals surface area (Å²) in [4.78, 5) is 13.3. The predicted octanol–water partition coefficient (Wildman–Crippen LogP) is 2.41. The number of nitrogens with zero attached hydrogens (tertiary/aromatic N) is 5. The summed E-state index contributed by atoms with van der Waals surface area (Å²) in [6, 6.07) is 0.308. The third kappa shape index (κ3) is 3.12. The summed E-state index contributed by atoms with van der Waals surface area (Å²) in [5, 5.41) is 7.47. The van der Waals surface area contributed by atoms with Crippen molar-refractivity contribution in [2.75, 3.05) is 11.9 Å². The molecule has 2 aromatic heterocycles. The first-order valence-electron chi connectivity index (χ1n) is 7.33. The van der Waals surface area contributed by atoms with E-state index in [0.29, 0.717) is 17.8 Å². The fraction of sp³-hybridized carbons (Fsp3) is 0.571. The number of ether oxygens (including phenoxy) is 1. The quantitative estimate of drug-likeness (QED) is 0.879. The Balaban J connectivity index is 1.91. The Bertz CT molecular complexity index is 634. The van der Waals surface area contributed by atoms with Gasteiger partial charge in [0.05, 0.1) is 5.56 Å². The van der Waals surface area contributed by atoms with E-state index in [9.17, 15) is 0 Å². The van der Waals surface area contributed by atoms with E-state index in [1.54, 1.807) is 18.1 Å². The van der Waals surface area contributed by atoms with Crippen molar-refractivity contribution in [1.29, 1.82) is 0 Å². The van der Waals surface area contributed by atoms with Crippen LogP contribution >= 0.6 is 0 Å². The van der Waals surface area contributed by atoms with Crippen LogP contribution in [-0.2, 0) is 7.05 Å². The lowest BCUT2D eigenvalue weighted by atomic mass is 10.3. The molecule has 0 amide bonds. The summed E-state index contributed by atoms with van der Waals surface area (Å²) >= 11 is 0. The maximum Gasteiger partial charge on any atom is 0.342 e. The molecule has 3 rings (SSSR count). The van der Waals surface area contributed by atoms with Gasteiger partial charge in [0.2, 0.25) is 5.88 Å². The van der Waals surface area contributed by atoms with Crippen molar-refractivity contribution in [1.82, 2.24) is 24.7 Å². The van der Waals surface area contributed by atoms with Crippen LogP contribution in [0.25, 0.3) is 0 Å². The Hall–Kier alpha value is -2.18. The van der Waals surface area contributed by atoms with Crippen LogP contribution in [0.15, 0.2) is 6.33 Å². The van der Waals surface area contributed by atoms with E-state index in [-0.39, 0.29) is 0 Å². The Kier molecular flexibility index (Phi) is 3.72. The number of hydrogen-bond donors (Lipinski definition) is 1. The molecule has 112 valence electrons. The van der Waals surface area contributed by atoms with Crippen molar-refractivity contribution in [2.24, 2.45) is 7.05 Å². The van der Waals surface area contributed by atoms with E-state index in [2.05, 4.69) is 32.3 Å². The summed E-state index contributed by atoms with van der Waals surface area (Å²) in [6.07, 6.45) is 4.94. The van der Waals surface area contributed by atoms with E-state index in [1.807, 2.05) is 6.92 Å². The first-order valence-corrected chi connectivity index (χ1v) is 7.33. The molecule has 1 aliphatic carbocycles. The minimum Gasteiger partial charge on any atom is -0.404 e. The van der Waals surface area contributed by atoms with Gasteiger partial charge in [-0.3, -0.25) is 4.68 Å². The molecule has 1 fully saturated rings. The number of rotatable bonds is 6. The molecule has 2 aromatic rings. The molecule has 7 heteroatoms. The van der Waals surface area contributed by atoms with Crippen molar-refractivity contribution in [3.63, 3.8) is 0 Å². The van der Waals surface area contributed by atoms with Gasteiger partial charge < -0.3 is 10.1 Å². The van der Waals surface area contributed by atoms with Gasteiger partial charge in [-0.05, 0) is 26.2 Å². The van der Waals surface area contributed by atoms with Crippen LogP contribution in [0.2, 0.25) is 0 Å². The average Bonchev–Trinajstić information content (AvgIpc) is 3.23. The minimum atomic E-state index is 0.308. The normalized spacial score (nSPS) is 14.2. The molecule has 21 heavy (non-hydrogen) atoms.